The zero-order chi connectivity index (χ0) is 25.7. The van der Waals surface area contributed by atoms with Gasteiger partial charge in [-0.15, -0.1) is 0 Å². The summed E-state index contributed by atoms with van der Waals surface area (Å²) in [6.07, 6.45) is 7.68. The van der Waals surface area contributed by atoms with Gasteiger partial charge in [-0.2, -0.15) is 0 Å². The molecule has 7 heteroatoms. The van der Waals surface area contributed by atoms with Crippen LogP contribution in [0.5, 0.6) is 0 Å². The second-order valence-corrected chi connectivity index (χ2v) is 11.0. The predicted molar refractivity (Wildman–Crippen MR) is 141 cm³/mol. The molecule has 1 aromatic rings. The predicted octanol–water partition coefficient (Wildman–Crippen LogP) is 5.28. The van der Waals surface area contributed by atoms with Crippen LogP contribution in [-0.2, 0) is 11.3 Å². The van der Waals surface area contributed by atoms with Crippen LogP contribution in [0.1, 0.15) is 78.2 Å². The second kappa shape index (κ2) is 15.1. The Morgan fingerprint density at radius 1 is 0.971 bits per heavy atom. The maximum atomic E-state index is 13.3. The van der Waals surface area contributed by atoms with E-state index in [9.17, 15) is 14.0 Å². The maximum absolute atomic E-state index is 13.3. The van der Waals surface area contributed by atoms with Gasteiger partial charge < -0.3 is 15.1 Å². The number of carbonyl (C=O) groups is 2. The first-order valence-corrected chi connectivity index (χ1v) is 13.5. The summed E-state index contributed by atoms with van der Waals surface area (Å²) in [4.78, 5) is 31.6. The van der Waals surface area contributed by atoms with Gasteiger partial charge in [-0.25, -0.2) is 9.18 Å². The number of hydrogen-bond acceptors (Lipinski definition) is 3. The zero-order valence-electron chi connectivity index (χ0n) is 22.5. The molecule has 6 nitrogen and oxygen atoms in total. The Labute approximate surface area is 212 Å². The Balaban J connectivity index is 1.82. The van der Waals surface area contributed by atoms with Gasteiger partial charge in [0.05, 0.1) is 0 Å². The van der Waals surface area contributed by atoms with Crippen molar-refractivity contribution in [2.24, 2.45) is 5.41 Å². The molecule has 0 radical (unpaired) electrons. The number of nitrogens with one attached hydrogen (secondary N) is 1. The Morgan fingerprint density at radius 2 is 1.60 bits per heavy atom. The van der Waals surface area contributed by atoms with E-state index in [1.807, 2.05) is 9.80 Å². The third-order valence-corrected chi connectivity index (χ3v) is 6.47. The molecule has 2 rings (SSSR count). The van der Waals surface area contributed by atoms with Crippen LogP contribution in [-0.4, -0.2) is 72.5 Å². The van der Waals surface area contributed by atoms with E-state index in [4.69, 9.17) is 0 Å². The minimum Gasteiger partial charge on any atom is -0.340 e. The van der Waals surface area contributed by atoms with Crippen LogP contribution in [0.4, 0.5) is 9.18 Å². The first kappa shape index (κ1) is 29.1. The molecule has 1 aliphatic rings. The molecule has 1 fully saturated rings. The zero-order valence-corrected chi connectivity index (χ0v) is 22.5. The molecule has 1 aliphatic heterocycles. The molecule has 0 atom stereocenters. The number of amides is 3. The van der Waals surface area contributed by atoms with Gasteiger partial charge in [-0.05, 0) is 29.5 Å². The van der Waals surface area contributed by atoms with Gasteiger partial charge >= 0.3 is 6.03 Å². The van der Waals surface area contributed by atoms with Crippen LogP contribution < -0.4 is 5.32 Å². The van der Waals surface area contributed by atoms with Crippen LogP contribution in [0.15, 0.2) is 24.3 Å². The van der Waals surface area contributed by atoms with Crippen molar-refractivity contribution in [3.8, 4) is 0 Å². The van der Waals surface area contributed by atoms with Crippen LogP contribution in [0.25, 0.3) is 0 Å². The molecule has 1 aromatic carbocycles. The van der Waals surface area contributed by atoms with Crippen molar-refractivity contribution < 1.29 is 14.0 Å². The Hall–Kier alpha value is -2.15. The fourth-order valence-electron chi connectivity index (χ4n) is 4.32. The average Bonchev–Trinajstić information content (AvgIpc) is 2.81. The Kier molecular flexibility index (Phi) is 12.5. The highest BCUT2D eigenvalue weighted by Gasteiger charge is 2.25. The molecular formula is C28H47FN4O2. The number of benzene rings is 1. The lowest BCUT2D eigenvalue weighted by Crippen LogP contribution is -2.51. The van der Waals surface area contributed by atoms with E-state index in [2.05, 4.69) is 37.9 Å². The standard InChI is InChI=1S/C28H47FN4O2/c1-5-6-7-8-9-10-15-30-27(35)33(23-24-11-13-25(29)14-12-24)21-18-31-16-19-32(20-17-31)26(34)22-28(2,3)4/h11-14H,5-10,15-23H2,1-4H3,(H,30,35). The molecule has 1 saturated heterocycles. The molecule has 0 aromatic heterocycles. The average molecular weight is 491 g/mol. The molecule has 0 spiro atoms. The van der Waals surface area contributed by atoms with E-state index in [0.29, 0.717) is 26.1 Å². The SMILES string of the molecule is CCCCCCCCNC(=O)N(CCN1CCN(C(=O)CC(C)(C)C)CC1)Cc1ccc(F)cc1. The number of piperazine rings is 1. The normalized spacial score (nSPS) is 14.7. The summed E-state index contributed by atoms with van der Waals surface area (Å²) < 4.78 is 13.3. The van der Waals surface area contributed by atoms with E-state index >= 15 is 0 Å². The van der Waals surface area contributed by atoms with E-state index in [-0.39, 0.29) is 23.2 Å². The largest absolute Gasteiger partial charge is 0.340 e. The third-order valence-electron chi connectivity index (χ3n) is 6.47. The highest BCUT2D eigenvalue weighted by Crippen LogP contribution is 2.20. The first-order chi connectivity index (χ1) is 16.7. The topological polar surface area (TPSA) is 55.9 Å². The smallest absolute Gasteiger partial charge is 0.317 e. The summed E-state index contributed by atoms with van der Waals surface area (Å²) in [6.45, 7) is 14.1. The lowest BCUT2D eigenvalue weighted by molar-refractivity contribution is -0.134. The van der Waals surface area contributed by atoms with Crippen molar-refractivity contribution in [3.63, 3.8) is 0 Å². The summed E-state index contributed by atoms with van der Waals surface area (Å²) in [5.41, 5.74) is 0.913. The number of nitrogens with zero attached hydrogens (tertiary/aromatic N) is 3. The minimum atomic E-state index is -0.272. The van der Waals surface area contributed by atoms with Crippen molar-refractivity contribution in [1.29, 1.82) is 0 Å². The minimum absolute atomic E-state index is 0.00204. The summed E-state index contributed by atoms with van der Waals surface area (Å²) in [6, 6.07) is 6.29. The van der Waals surface area contributed by atoms with Gasteiger partial charge in [0.2, 0.25) is 5.91 Å². The molecule has 1 N–H and O–H groups in total. The van der Waals surface area contributed by atoms with Gasteiger partial charge in [0.1, 0.15) is 5.82 Å². The van der Waals surface area contributed by atoms with E-state index in [1.54, 1.807) is 12.1 Å². The molecule has 0 saturated carbocycles. The van der Waals surface area contributed by atoms with Crippen molar-refractivity contribution in [2.45, 2.75) is 79.2 Å². The van der Waals surface area contributed by atoms with Crippen LogP contribution in [0.3, 0.4) is 0 Å². The molecule has 198 valence electrons. The quantitative estimate of drug-likeness (QED) is 0.383. The van der Waals surface area contributed by atoms with Crippen molar-refractivity contribution in [1.82, 2.24) is 20.0 Å². The number of carbonyl (C=O) groups excluding carboxylic acids is 2. The molecule has 1 heterocycles. The lowest BCUT2D eigenvalue weighted by Gasteiger charge is -2.37. The lowest BCUT2D eigenvalue weighted by atomic mass is 9.91. The van der Waals surface area contributed by atoms with E-state index in [0.717, 1.165) is 51.1 Å². The van der Waals surface area contributed by atoms with Crippen LogP contribution in [0, 0.1) is 11.2 Å². The first-order valence-electron chi connectivity index (χ1n) is 13.5. The molecule has 3 amide bonds. The third kappa shape index (κ3) is 11.9. The fraction of sp³-hybridized carbons (Fsp3) is 0.714. The van der Waals surface area contributed by atoms with Crippen molar-refractivity contribution >= 4 is 11.9 Å². The summed E-state index contributed by atoms with van der Waals surface area (Å²) in [7, 11) is 0. The number of hydrogen-bond donors (Lipinski definition) is 1. The highest BCUT2D eigenvalue weighted by atomic mass is 19.1. The number of halogens is 1. The van der Waals surface area contributed by atoms with Gasteiger partial charge in [0, 0.05) is 58.8 Å². The molecule has 35 heavy (non-hydrogen) atoms. The van der Waals surface area contributed by atoms with Gasteiger partial charge in [-0.3, -0.25) is 9.69 Å². The van der Waals surface area contributed by atoms with E-state index < -0.39 is 0 Å². The maximum Gasteiger partial charge on any atom is 0.317 e. The molecule has 0 unspecified atom stereocenters. The van der Waals surface area contributed by atoms with Crippen molar-refractivity contribution in [3.05, 3.63) is 35.6 Å². The molecule has 0 bridgehead atoms. The summed E-state index contributed by atoms with van der Waals surface area (Å²) in [5, 5.41) is 3.08. The highest BCUT2D eigenvalue weighted by molar-refractivity contribution is 5.77. The molecular weight excluding hydrogens is 443 g/mol. The Morgan fingerprint density at radius 3 is 2.23 bits per heavy atom. The Bertz CT molecular complexity index is 755. The van der Waals surface area contributed by atoms with Gasteiger partial charge in [0.15, 0.2) is 0 Å². The number of unbranched alkanes of at least 4 members (excludes halogenated alkanes) is 5. The van der Waals surface area contributed by atoms with E-state index in [1.165, 1.54) is 37.8 Å². The van der Waals surface area contributed by atoms with Gasteiger partial charge in [0.25, 0.3) is 0 Å². The fourth-order valence-corrected chi connectivity index (χ4v) is 4.32. The van der Waals surface area contributed by atoms with Crippen molar-refractivity contribution in [2.75, 3.05) is 45.8 Å². The number of rotatable bonds is 13. The monoisotopic (exact) mass is 490 g/mol. The van der Waals surface area contributed by atoms with Gasteiger partial charge in [-0.1, -0.05) is 71.9 Å². The molecule has 0 aliphatic carbocycles. The summed E-state index contributed by atoms with van der Waals surface area (Å²) in [5.74, 6) is -0.0455. The summed E-state index contributed by atoms with van der Waals surface area (Å²) >= 11 is 0. The van der Waals surface area contributed by atoms with Crippen LogP contribution >= 0.6 is 0 Å². The van der Waals surface area contributed by atoms with Crippen LogP contribution in [0.2, 0.25) is 0 Å². The number of urea groups is 1. The second-order valence-electron chi connectivity index (χ2n) is 11.0.